The Morgan fingerprint density at radius 3 is 2.55 bits per heavy atom. The third kappa shape index (κ3) is 3.45. The fourth-order valence-electron chi connectivity index (χ4n) is 3.00. The van der Waals surface area contributed by atoms with E-state index in [2.05, 4.69) is 38.3 Å². The molecule has 0 fully saturated rings. The molecule has 0 spiro atoms. The van der Waals surface area contributed by atoms with E-state index in [-0.39, 0.29) is 0 Å². The molecule has 2 rings (SSSR count). The first-order chi connectivity index (χ1) is 9.80. The molecule has 0 saturated carbocycles. The first kappa shape index (κ1) is 15.2. The van der Waals surface area contributed by atoms with Gasteiger partial charge in [0.2, 0.25) is 0 Å². The first-order valence-electron chi connectivity index (χ1n) is 7.87. The smallest absolute Gasteiger partial charge is 0.161 e. The molecule has 1 N–H and O–H groups in total. The highest BCUT2D eigenvalue weighted by atomic mass is 16.6. The summed E-state index contributed by atoms with van der Waals surface area (Å²) in [6.45, 7) is 5.83. The second-order valence-corrected chi connectivity index (χ2v) is 5.48. The number of unbranched alkanes of at least 4 members (excludes halogenated alkanes) is 1. The van der Waals surface area contributed by atoms with Gasteiger partial charge in [-0.2, -0.15) is 0 Å². The molecule has 1 heterocycles. The average molecular weight is 277 g/mol. The number of ether oxygens (including phenoxy) is 2. The van der Waals surface area contributed by atoms with Crippen LogP contribution in [0.4, 0.5) is 0 Å². The average Bonchev–Trinajstić information content (AvgIpc) is 2.51. The van der Waals surface area contributed by atoms with E-state index in [4.69, 9.17) is 9.47 Å². The zero-order valence-electron chi connectivity index (χ0n) is 12.9. The Morgan fingerprint density at radius 2 is 1.90 bits per heavy atom. The topological polar surface area (TPSA) is 30.5 Å². The molecular weight excluding hydrogens is 250 g/mol. The van der Waals surface area contributed by atoms with E-state index in [0.29, 0.717) is 25.2 Å². The Labute approximate surface area is 122 Å². The number of benzene rings is 1. The van der Waals surface area contributed by atoms with Gasteiger partial charge in [-0.3, -0.25) is 0 Å². The first-order valence-corrected chi connectivity index (χ1v) is 7.87. The standard InChI is InChI=1S/C17H27NO2/c1-4-6-7-13(5-2)17(18-3)14-8-9-15-16(12-14)20-11-10-19-15/h8-9,12-13,17-18H,4-7,10-11H2,1-3H3. The van der Waals surface area contributed by atoms with Gasteiger partial charge in [0, 0.05) is 6.04 Å². The highest BCUT2D eigenvalue weighted by molar-refractivity contribution is 5.44. The molecule has 20 heavy (non-hydrogen) atoms. The van der Waals surface area contributed by atoms with Crippen LogP contribution in [0.1, 0.15) is 51.1 Å². The number of hydrogen-bond donors (Lipinski definition) is 1. The van der Waals surface area contributed by atoms with E-state index in [0.717, 1.165) is 11.5 Å². The molecule has 1 aliphatic heterocycles. The molecule has 0 aromatic heterocycles. The van der Waals surface area contributed by atoms with Crippen LogP contribution in [0.5, 0.6) is 11.5 Å². The minimum atomic E-state index is 0.391. The van der Waals surface area contributed by atoms with Gasteiger partial charge in [-0.25, -0.2) is 0 Å². The van der Waals surface area contributed by atoms with E-state index in [1.54, 1.807) is 0 Å². The molecule has 0 aliphatic carbocycles. The van der Waals surface area contributed by atoms with Gasteiger partial charge in [-0.1, -0.05) is 39.2 Å². The number of fused-ring (bicyclic) bond motifs is 1. The minimum Gasteiger partial charge on any atom is -0.486 e. The van der Waals surface area contributed by atoms with Crippen LogP contribution in [-0.4, -0.2) is 20.3 Å². The highest BCUT2D eigenvalue weighted by Crippen LogP contribution is 2.36. The maximum absolute atomic E-state index is 5.70. The van der Waals surface area contributed by atoms with Gasteiger partial charge >= 0.3 is 0 Å². The van der Waals surface area contributed by atoms with Gasteiger partial charge in [0.05, 0.1) is 0 Å². The molecule has 1 aromatic rings. The van der Waals surface area contributed by atoms with Crippen molar-refractivity contribution in [3.05, 3.63) is 23.8 Å². The van der Waals surface area contributed by atoms with Gasteiger partial charge in [0.15, 0.2) is 11.5 Å². The van der Waals surface area contributed by atoms with Gasteiger partial charge in [-0.05, 0) is 37.1 Å². The summed E-state index contributed by atoms with van der Waals surface area (Å²) in [6, 6.07) is 6.75. The quantitative estimate of drug-likeness (QED) is 0.819. The third-order valence-electron chi connectivity index (χ3n) is 4.16. The largest absolute Gasteiger partial charge is 0.486 e. The number of rotatable bonds is 7. The van der Waals surface area contributed by atoms with Crippen molar-refractivity contribution in [2.75, 3.05) is 20.3 Å². The molecule has 2 unspecified atom stereocenters. The van der Waals surface area contributed by atoms with Crippen LogP contribution in [0.25, 0.3) is 0 Å². The Balaban J connectivity index is 2.17. The Morgan fingerprint density at radius 1 is 1.15 bits per heavy atom. The van der Waals surface area contributed by atoms with Crippen molar-refractivity contribution in [3.8, 4) is 11.5 Å². The van der Waals surface area contributed by atoms with Crippen molar-refractivity contribution in [1.82, 2.24) is 5.32 Å². The summed E-state index contributed by atoms with van der Waals surface area (Å²) in [5.41, 5.74) is 1.31. The molecule has 0 saturated heterocycles. The van der Waals surface area contributed by atoms with Crippen molar-refractivity contribution < 1.29 is 9.47 Å². The van der Waals surface area contributed by atoms with Crippen molar-refractivity contribution >= 4 is 0 Å². The summed E-state index contributed by atoms with van der Waals surface area (Å²) in [6.07, 6.45) is 5.02. The summed E-state index contributed by atoms with van der Waals surface area (Å²) in [5, 5.41) is 3.49. The minimum absolute atomic E-state index is 0.391. The van der Waals surface area contributed by atoms with Crippen LogP contribution >= 0.6 is 0 Å². The Bertz CT molecular complexity index is 419. The molecule has 2 atom stereocenters. The Hall–Kier alpha value is -1.22. The van der Waals surface area contributed by atoms with Crippen LogP contribution in [-0.2, 0) is 0 Å². The summed E-state index contributed by atoms with van der Waals surface area (Å²) < 4.78 is 11.3. The molecule has 0 radical (unpaired) electrons. The van der Waals surface area contributed by atoms with Crippen molar-refractivity contribution in [1.29, 1.82) is 0 Å². The lowest BCUT2D eigenvalue weighted by Crippen LogP contribution is -2.25. The second-order valence-electron chi connectivity index (χ2n) is 5.48. The molecule has 1 aliphatic rings. The van der Waals surface area contributed by atoms with Crippen molar-refractivity contribution in [2.45, 2.75) is 45.6 Å². The fraction of sp³-hybridized carbons (Fsp3) is 0.647. The van der Waals surface area contributed by atoms with Gasteiger partial charge in [0.1, 0.15) is 13.2 Å². The molecule has 1 aromatic carbocycles. The lowest BCUT2D eigenvalue weighted by atomic mass is 9.87. The van der Waals surface area contributed by atoms with E-state index in [9.17, 15) is 0 Å². The normalized spacial score (nSPS) is 16.8. The molecular formula is C17H27NO2. The monoisotopic (exact) mass is 277 g/mol. The summed E-state index contributed by atoms with van der Waals surface area (Å²) in [4.78, 5) is 0. The highest BCUT2D eigenvalue weighted by Gasteiger charge is 2.22. The van der Waals surface area contributed by atoms with Gasteiger partial charge < -0.3 is 14.8 Å². The molecule has 0 bridgehead atoms. The van der Waals surface area contributed by atoms with Crippen molar-refractivity contribution in [2.24, 2.45) is 5.92 Å². The third-order valence-corrected chi connectivity index (χ3v) is 4.16. The van der Waals surface area contributed by atoms with Crippen LogP contribution < -0.4 is 14.8 Å². The number of hydrogen-bond acceptors (Lipinski definition) is 3. The van der Waals surface area contributed by atoms with Crippen molar-refractivity contribution in [3.63, 3.8) is 0 Å². The lowest BCUT2D eigenvalue weighted by molar-refractivity contribution is 0.171. The van der Waals surface area contributed by atoms with E-state index in [1.807, 2.05) is 6.07 Å². The van der Waals surface area contributed by atoms with Crippen LogP contribution in [0.15, 0.2) is 18.2 Å². The summed E-state index contributed by atoms with van der Waals surface area (Å²) in [5.74, 6) is 2.43. The van der Waals surface area contributed by atoms with E-state index >= 15 is 0 Å². The zero-order chi connectivity index (χ0) is 14.4. The van der Waals surface area contributed by atoms with Gasteiger partial charge in [0.25, 0.3) is 0 Å². The molecule has 3 nitrogen and oxygen atoms in total. The molecule has 3 heteroatoms. The van der Waals surface area contributed by atoms with Crippen LogP contribution in [0, 0.1) is 5.92 Å². The second kappa shape index (κ2) is 7.53. The zero-order valence-corrected chi connectivity index (χ0v) is 12.9. The SMILES string of the molecule is CCCCC(CC)C(NC)c1ccc2c(c1)OCCO2. The maximum Gasteiger partial charge on any atom is 0.161 e. The van der Waals surface area contributed by atoms with Gasteiger partial charge in [-0.15, -0.1) is 0 Å². The van der Waals surface area contributed by atoms with E-state index < -0.39 is 0 Å². The lowest BCUT2D eigenvalue weighted by Gasteiger charge is -2.28. The van der Waals surface area contributed by atoms with E-state index in [1.165, 1.54) is 31.2 Å². The molecule has 0 amide bonds. The fourth-order valence-corrected chi connectivity index (χ4v) is 3.00. The predicted octanol–water partition coefficient (Wildman–Crippen LogP) is 3.93. The number of nitrogens with one attached hydrogen (secondary N) is 1. The van der Waals surface area contributed by atoms with Crippen LogP contribution in [0.3, 0.4) is 0 Å². The maximum atomic E-state index is 5.70. The predicted molar refractivity (Wildman–Crippen MR) is 82.5 cm³/mol. The van der Waals surface area contributed by atoms with Crippen LogP contribution in [0.2, 0.25) is 0 Å². The molecule has 112 valence electrons. The summed E-state index contributed by atoms with van der Waals surface area (Å²) >= 11 is 0. The Kier molecular flexibility index (Phi) is 5.72. The summed E-state index contributed by atoms with van der Waals surface area (Å²) in [7, 11) is 2.05.